The van der Waals surface area contributed by atoms with E-state index in [9.17, 15) is 4.79 Å². The van der Waals surface area contributed by atoms with Crippen molar-refractivity contribution < 1.29 is 9.53 Å². The van der Waals surface area contributed by atoms with Crippen LogP contribution in [0.1, 0.15) is 24.6 Å². The maximum atomic E-state index is 11.4. The van der Waals surface area contributed by atoms with Crippen molar-refractivity contribution in [3.63, 3.8) is 0 Å². The van der Waals surface area contributed by atoms with E-state index in [0.717, 1.165) is 34.4 Å². The SMILES string of the molecule is CCCCOC(=O)NCCc1cc2c(Cl)ncnc2s1. The van der Waals surface area contributed by atoms with Gasteiger partial charge in [0.1, 0.15) is 16.3 Å². The second kappa shape index (κ2) is 7.40. The van der Waals surface area contributed by atoms with Gasteiger partial charge in [0, 0.05) is 16.8 Å². The molecule has 0 aliphatic carbocycles. The molecule has 5 nitrogen and oxygen atoms in total. The van der Waals surface area contributed by atoms with Crippen molar-refractivity contribution in [2.75, 3.05) is 13.2 Å². The summed E-state index contributed by atoms with van der Waals surface area (Å²) in [5.74, 6) is 0. The molecule has 0 aromatic carbocycles. The molecule has 1 amide bonds. The fourth-order valence-electron chi connectivity index (χ4n) is 1.65. The minimum absolute atomic E-state index is 0.364. The van der Waals surface area contributed by atoms with Crippen LogP contribution in [0.15, 0.2) is 12.4 Å². The van der Waals surface area contributed by atoms with E-state index in [4.69, 9.17) is 16.3 Å². The molecule has 0 unspecified atom stereocenters. The van der Waals surface area contributed by atoms with Crippen molar-refractivity contribution in [2.24, 2.45) is 0 Å². The Hall–Kier alpha value is -1.40. The van der Waals surface area contributed by atoms with Crippen LogP contribution in [-0.4, -0.2) is 29.2 Å². The number of ether oxygens (including phenoxy) is 1. The summed E-state index contributed by atoms with van der Waals surface area (Å²) in [7, 11) is 0. The van der Waals surface area contributed by atoms with Gasteiger partial charge in [-0.1, -0.05) is 24.9 Å². The molecule has 0 bridgehead atoms. The second-order valence-corrected chi connectivity index (χ2v) is 5.74. The summed E-state index contributed by atoms with van der Waals surface area (Å²) >= 11 is 7.55. The van der Waals surface area contributed by atoms with Gasteiger partial charge in [0.15, 0.2) is 0 Å². The minimum Gasteiger partial charge on any atom is -0.450 e. The number of hydrogen-bond acceptors (Lipinski definition) is 5. The number of amides is 1. The lowest BCUT2D eigenvalue weighted by Crippen LogP contribution is -2.26. The number of carbonyl (C=O) groups excluding carboxylic acids is 1. The summed E-state index contributed by atoms with van der Waals surface area (Å²) in [5, 5.41) is 4.05. The minimum atomic E-state index is -0.364. The smallest absolute Gasteiger partial charge is 0.407 e. The summed E-state index contributed by atoms with van der Waals surface area (Å²) < 4.78 is 5.01. The summed E-state index contributed by atoms with van der Waals surface area (Å²) in [6.07, 6.45) is 3.71. The Kier molecular flexibility index (Phi) is 5.55. The third-order valence-electron chi connectivity index (χ3n) is 2.70. The fourth-order valence-corrected chi connectivity index (χ4v) is 2.89. The monoisotopic (exact) mass is 313 g/mol. The van der Waals surface area contributed by atoms with Gasteiger partial charge in [-0.2, -0.15) is 0 Å². The summed E-state index contributed by atoms with van der Waals surface area (Å²) in [6, 6.07) is 1.96. The van der Waals surface area contributed by atoms with Crippen LogP contribution in [0.25, 0.3) is 10.2 Å². The van der Waals surface area contributed by atoms with Crippen molar-refractivity contribution in [1.82, 2.24) is 15.3 Å². The van der Waals surface area contributed by atoms with E-state index in [1.165, 1.54) is 6.33 Å². The zero-order chi connectivity index (χ0) is 14.4. The average molecular weight is 314 g/mol. The lowest BCUT2D eigenvalue weighted by Gasteiger charge is -2.05. The molecule has 0 fully saturated rings. The number of rotatable bonds is 6. The predicted octanol–water partition coefficient (Wildman–Crippen LogP) is 3.41. The van der Waals surface area contributed by atoms with Crippen molar-refractivity contribution >= 4 is 39.2 Å². The molecule has 0 saturated heterocycles. The third-order valence-corrected chi connectivity index (χ3v) is 4.11. The zero-order valence-electron chi connectivity index (χ0n) is 11.2. The van der Waals surface area contributed by atoms with Gasteiger partial charge in [-0.25, -0.2) is 14.8 Å². The normalized spacial score (nSPS) is 10.7. The number of fused-ring (bicyclic) bond motifs is 1. The Bertz CT molecular complexity index is 588. The zero-order valence-corrected chi connectivity index (χ0v) is 12.8. The molecule has 0 saturated carbocycles. The van der Waals surface area contributed by atoms with Gasteiger partial charge in [-0.15, -0.1) is 11.3 Å². The van der Waals surface area contributed by atoms with Crippen LogP contribution in [-0.2, 0) is 11.2 Å². The first-order valence-electron chi connectivity index (χ1n) is 6.50. The highest BCUT2D eigenvalue weighted by molar-refractivity contribution is 7.18. The highest BCUT2D eigenvalue weighted by Crippen LogP contribution is 2.27. The summed E-state index contributed by atoms with van der Waals surface area (Å²) in [4.78, 5) is 21.4. The van der Waals surface area contributed by atoms with Gasteiger partial charge in [-0.05, 0) is 18.9 Å². The lowest BCUT2D eigenvalue weighted by molar-refractivity contribution is 0.145. The Morgan fingerprint density at radius 2 is 2.35 bits per heavy atom. The summed E-state index contributed by atoms with van der Waals surface area (Å²) in [6.45, 7) is 3.05. The molecule has 0 radical (unpaired) electrons. The molecule has 2 aromatic heterocycles. The molecule has 0 aliphatic rings. The number of carbonyl (C=O) groups is 1. The molecular weight excluding hydrogens is 298 g/mol. The van der Waals surface area contributed by atoms with E-state index in [2.05, 4.69) is 22.2 Å². The van der Waals surface area contributed by atoms with Crippen molar-refractivity contribution in [3.05, 3.63) is 22.4 Å². The molecule has 20 heavy (non-hydrogen) atoms. The number of hydrogen-bond donors (Lipinski definition) is 1. The van der Waals surface area contributed by atoms with Crippen LogP contribution in [0, 0.1) is 0 Å². The van der Waals surface area contributed by atoms with Crippen molar-refractivity contribution in [2.45, 2.75) is 26.2 Å². The summed E-state index contributed by atoms with van der Waals surface area (Å²) in [5.41, 5.74) is 0. The van der Waals surface area contributed by atoms with Crippen LogP contribution < -0.4 is 5.32 Å². The molecule has 7 heteroatoms. The van der Waals surface area contributed by atoms with E-state index in [0.29, 0.717) is 18.3 Å². The first kappa shape index (κ1) is 15.0. The van der Waals surface area contributed by atoms with E-state index < -0.39 is 0 Å². The first-order valence-corrected chi connectivity index (χ1v) is 7.69. The number of nitrogens with one attached hydrogen (secondary N) is 1. The van der Waals surface area contributed by atoms with Gasteiger partial charge in [-0.3, -0.25) is 0 Å². The maximum Gasteiger partial charge on any atom is 0.407 e. The number of thiophene rings is 1. The van der Waals surface area contributed by atoms with Gasteiger partial charge in [0.2, 0.25) is 0 Å². The van der Waals surface area contributed by atoms with Crippen LogP contribution in [0.2, 0.25) is 5.15 Å². The van der Waals surface area contributed by atoms with Gasteiger partial charge in [0.05, 0.1) is 6.61 Å². The molecule has 2 aromatic rings. The molecule has 2 heterocycles. The van der Waals surface area contributed by atoms with Gasteiger partial charge >= 0.3 is 6.09 Å². The molecule has 1 N–H and O–H groups in total. The number of nitrogens with zero attached hydrogens (tertiary/aromatic N) is 2. The van der Waals surface area contributed by atoms with Crippen molar-refractivity contribution in [3.8, 4) is 0 Å². The van der Waals surface area contributed by atoms with E-state index in [1.54, 1.807) is 11.3 Å². The molecule has 0 spiro atoms. The van der Waals surface area contributed by atoms with E-state index in [1.807, 2.05) is 6.07 Å². The van der Waals surface area contributed by atoms with Gasteiger partial charge < -0.3 is 10.1 Å². The second-order valence-electron chi connectivity index (χ2n) is 4.26. The highest BCUT2D eigenvalue weighted by atomic mass is 35.5. The largest absolute Gasteiger partial charge is 0.450 e. The van der Waals surface area contributed by atoms with Crippen molar-refractivity contribution in [1.29, 1.82) is 0 Å². The van der Waals surface area contributed by atoms with E-state index in [-0.39, 0.29) is 6.09 Å². The van der Waals surface area contributed by atoms with Crippen LogP contribution >= 0.6 is 22.9 Å². The highest BCUT2D eigenvalue weighted by Gasteiger charge is 2.07. The van der Waals surface area contributed by atoms with Gasteiger partial charge in [0.25, 0.3) is 0 Å². The molecular formula is C13H16ClN3O2S. The number of halogens is 1. The Morgan fingerprint density at radius 1 is 1.50 bits per heavy atom. The molecule has 0 atom stereocenters. The Balaban J connectivity index is 1.81. The van der Waals surface area contributed by atoms with E-state index >= 15 is 0 Å². The number of unbranched alkanes of at least 4 members (excludes halogenated alkanes) is 1. The van der Waals surface area contributed by atoms with Crippen LogP contribution in [0.4, 0.5) is 4.79 Å². The third kappa shape index (κ3) is 4.05. The van der Waals surface area contributed by atoms with Crippen LogP contribution in [0.5, 0.6) is 0 Å². The molecule has 108 valence electrons. The van der Waals surface area contributed by atoms with Crippen LogP contribution in [0.3, 0.4) is 0 Å². The Morgan fingerprint density at radius 3 is 3.10 bits per heavy atom. The quantitative estimate of drug-likeness (QED) is 0.655. The topological polar surface area (TPSA) is 64.1 Å². The number of alkyl carbamates (subject to hydrolysis) is 1. The average Bonchev–Trinajstić information content (AvgIpc) is 2.83. The predicted molar refractivity (Wildman–Crippen MR) is 80.4 cm³/mol. The number of aromatic nitrogens is 2. The molecule has 0 aliphatic heterocycles. The fraction of sp³-hybridized carbons (Fsp3) is 0.462. The lowest BCUT2D eigenvalue weighted by atomic mass is 10.3. The first-order chi connectivity index (χ1) is 9.70. The molecule has 2 rings (SSSR count). The maximum absolute atomic E-state index is 11.4. The Labute approximate surface area is 126 Å². The standard InChI is InChI=1S/C13H16ClN3O2S/c1-2-3-6-19-13(18)15-5-4-9-7-10-11(14)16-8-17-12(10)20-9/h7-8H,2-6H2,1H3,(H,15,18).